The highest BCUT2D eigenvalue weighted by Crippen LogP contribution is 2.25. The first-order valence-corrected chi connectivity index (χ1v) is 12.8. The molecule has 0 N–H and O–H groups in total. The largest absolute Gasteiger partial charge is 0.0654 e. The van der Waals surface area contributed by atoms with Gasteiger partial charge < -0.3 is 0 Å². The monoisotopic (exact) mass is 394 g/mol. The summed E-state index contributed by atoms with van der Waals surface area (Å²) in [4.78, 5) is 0. The first kappa shape index (κ1) is 24.0. The molecule has 0 aliphatic heterocycles. The van der Waals surface area contributed by atoms with Crippen molar-refractivity contribution in [3.8, 4) is 0 Å². The van der Waals surface area contributed by atoms with Crippen molar-refractivity contribution in [2.24, 2.45) is 0 Å². The fourth-order valence-corrected chi connectivity index (χ4v) is 4.57. The van der Waals surface area contributed by atoms with Gasteiger partial charge in [0.2, 0.25) is 0 Å². The molecule has 0 saturated carbocycles. The van der Waals surface area contributed by atoms with Crippen LogP contribution in [0.1, 0.15) is 120 Å². The van der Waals surface area contributed by atoms with Crippen molar-refractivity contribution in [3.63, 3.8) is 0 Å². The molecule has 0 aliphatic rings. The number of rotatable bonds is 16. The fraction of sp³-hybridized carbons (Fsp3) is 0.655. The average Bonchev–Trinajstić information content (AvgIpc) is 2.72. The molecule has 0 saturated heterocycles. The molecule has 0 spiro atoms. The standard InChI is InChI=1S/C29H46/c1-4-6-8-10-12-14-16-18-26-20-21-28-23-25(3)22-27(29(28)24-26)19-17-15-13-11-9-7-5-2/h20-24H,4-19H2,1-3H3. The summed E-state index contributed by atoms with van der Waals surface area (Å²) in [5, 5.41) is 2.95. The zero-order valence-corrected chi connectivity index (χ0v) is 19.7. The van der Waals surface area contributed by atoms with Crippen molar-refractivity contribution in [2.75, 3.05) is 0 Å². The Balaban J connectivity index is 1.85. The molecular weight excluding hydrogens is 348 g/mol. The van der Waals surface area contributed by atoms with E-state index in [1.807, 2.05) is 0 Å². The number of aryl methyl sites for hydroxylation is 3. The Kier molecular flexibility index (Phi) is 12.1. The van der Waals surface area contributed by atoms with E-state index >= 15 is 0 Å². The Morgan fingerprint density at radius 1 is 0.552 bits per heavy atom. The van der Waals surface area contributed by atoms with Crippen LogP contribution in [-0.4, -0.2) is 0 Å². The molecule has 29 heavy (non-hydrogen) atoms. The summed E-state index contributed by atoms with van der Waals surface area (Å²) >= 11 is 0. The minimum Gasteiger partial charge on any atom is -0.0654 e. The predicted molar refractivity (Wildman–Crippen MR) is 132 cm³/mol. The molecule has 2 aromatic rings. The first-order chi connectivity index (χ1) is 14.2. The lowest BCUT2D eigenvalue weighted by molar-refractivity contribution is 0.589. The summed E-state index contributed by atoms with van der Waals surface area (Å²) in [7, 11) is 0. The van der Waals surface area contributed by atoms with E-state index in [0.29, 0.717) is 0 Å². The smallest absolute Gasteiger partial charge is 0.0149 e. The lowest BCUT2D eigenvalue weighted by atomic mass is 9.94. The van der Waals surface area contributed by atoms with Crippen molar-refractivity contribution in [3.05, 3.63) is 47.0 Å². The van der Waals surface area contributed by atoms with Crippen LogP contribution in [0.5, 0.6) is 0 Å². The molecule has 0 heteroatoms. The molecule has 0 aliphatic carbocycles. The third-order valence-corrected chi connectivity index (χ3v) is 6.37. The Bertz CT molecular complexity index is 682. The Morgan fingerprint density at radius 3 is 1.72 bits per heavy atom. The molecule has 2 rings (SSSR count). The van der Waals surface area contributed by atoms with Crippen molar-refractivity contribution >= 4 is 10.8 Å². The van der Waals surface area contributed by atoms with E-state index in [-0.39, 0.29) is 0 Å². The molecule has 0 aromatic heterocycles. The minimum absolute atomic E-state index is 1.24. The number of benzene rings is 2. The van der Waals surface area contributed by atoms with E-state index in [2.05, 4.69) is 51.1 Å². The molecular formula is C29H46. The lowest BCUT2D eigenvalue weighted by Crippen LogP contribution is -1.93. The summed E-state index contributed by atoms with van der Waals surface area (Å²) < 4.78 is 0. The van der Waals surface area contributed by atoms with Gasteiger partial charge in [-0.05, 0) is 54.5 Å². The van der Waals surface area contributed by atoms with Gasteiger partial charge in [-0.25, -0.2) is 0 Å². The van der Waals surface area contributed by atoms with Gasteiger partial charge in [0.15, 0.2) is 0 Å². The molecule has 2 aromatic carbocycles. The molecule has 0 atom stereocenters. The summed E-state index contributed by atoms with van der Waals surface area (Å²) in [6.07, 6.45) is 22.0. The van der Waals surface area contributed by atoms with Crippen molar-refractivity contribution in [1.82, 2.24) is 0 Å². The topological polar surface area (TPSA) is 0 Å². The second-order valence-electron chi connectivity index (χ2n) is 9.22. The molecule has 162 valence electrons. The number of fused-ring (bicyclic) bond motifs is 1. The third-order valence-electron chi connectivity index (χ3n) is 6.37. The van der Waals surface area contributed by atoms with Crippen molar-refractivity contribution in [1.29, 1.82) is 0 Å². The van der Waals surface area contributed by atoms with Crippen LogP contribution in [0.3, 0.4) is 0 Å². The summed E-state index contributed by atoms with van der Waals surface area (Å²) in [5.41, 5.74) is 4.53. The van der Waals surface area contributed by atoms with Crippen LogP contribution in [0, 0.1) is 6.92 Å². The maximum Gasteiger partial charge on any atom is -0.0149 e. The maximum atomic E-state index is 2.50. The van der Waals surface area contributed by atoms with Gasteiger partial charge in [-0.2, -0.15) is 0 Å². The number of hydrogen-bond donors (Lipinski definition) is 0. The highest BCUT2D eigenvalue weighted by atomic mass is 14.1. The van der Waals surface area contributed by atoms with Crippen molar-refractivity contribution < 1.29 is 0 Å². The first-order valence-electron chi connectivity index (χ1n) is 12.8. The van der Waals surface area contributed by atoms with Gasteiger partial charge in [0.05, 0.1) is 0 Å². The van der Waals surface area contributed by atoms with E-state index in [1.165, 1.54) is 125 Å². The van der Waals surface area contributed by atoms with Crippen LogP contribution in [0.4, 0.5) is 0 Å². The van der Waals surface area contributed by atoms with Crippen LogP contribution in [0.2, 0.25) is 0 Å². The molecule has 0 heterocycles. The van der Waals surface area contributed by atoms with E-state index < -0.39 is 0 Å². The summed E-state index contributed by atoms with van der Waals surface area (Å²) in [6, 6.07) is 12.0. The van der Waals surface area contributed by atoms with E-state index in [0.717, 1.165) is 0 Å². The zero-order chi connectivity index (χ0) is 20.7. The summed E-state index contributed by atoms with van der Waals surface area (Å²) in [6.45, 7) is 6.84. The molecule has 0 fully saturated rings. The Hall–Kier alpha value is -1.30. The Labute approximate surface area is 181 Å². The second kappa shape index (κ2) is 14.6. The van der Waals surface area contributed by atoms with Crippen LogP contribution in [-0.2, 0) is 12.8 Å². The van der Waals surface area contributed by atoms with Crippen molar-refractivity contribution in [2.45, 2.75) is 124 Å². The highest BCUT2D eigenvalue weighted by molar-refractivity contribution is 5.87. The minimum atomic E-state index is 1.24. The van der Waals surface area contributed by atoms with Crippen LogP contribution in [0.15, 0.2) is 30.3 Å². The summed E-state index contributed by atoms with van der Waals surface area (Å²) in [5.74, 6) is 0. The number of hydrogen-bond acceptors (Lipinski definition) is 0. The zero-order valence-electron chi connectivity index (χ0n) is 19.7. The normalized spacial score (nSPS) is 11.4. The highest BCUT2D eigenvalue weighted by Gasteiger charge is 2.05. The fourth-order valence-electron chi connectivity index (χ4n) is 4.57. The third kappa shape index (κ3) is 9.37. The average molecular weight is 395 g/mol. The Morgan fingerprint density at radius 2 is 1.10 bits per heavy atom. The predicted octanol–water partition coefficient (Wildman–Crippen LogP) is 9.73. The van der Waals surface area contributed by atoms with Gasteiger partial charge in [0.1, 0.15) is 0 Å². The molecule has 0 bridgehead atoms. The molecule has 0 nitrogen and oxygen atoms in total. The van der Waals surface area contributed by atoms with Crippen LogP contribution in [0.25, 0.3) is 10.8 Å². The molecule has 0 amide bonds. The van der Waals surface area contributed by atoms with E-state index in [1.54, 1.807) is 5.56 Å². The van der Waals surface area contributed by atoms with Gasteiger partial charge in [0, 0.05) is 0 Å². The van der Waals surface area contributed by atoms with Gasteiger partial charge in [-0.1, -0.05) is 127 Å². The van der Waals surface area contributed by atoms with Gasteiger partial charge >= 0.3 is 0 Å². The van der Waals surface area contributed by atoms with Gasteiger partial charge in [-0.15, -0.1) is 0 Å². The maximum absolute atomic E-state index is 2.50. The SMILES string of the molecule is CCCCCCCCCc1ccc2cc(C)cc(CCCCCCCCC)c2c1. The van der Waals surface area contributed by atoms with E-state index in [9.17, 15) is 0 Å². The number of unbranched alkanes of at least 4 members (excludes halogenated alkanes) is 12. The second-order valence-corrected chi connectivity index (χ2v) is 9.22. The van der Waals surface area contributed by atoms with Crippen LogP contribution < -0.4 is 0 Å². The quantitative estimate of drug-likeness (QED) is 0.248. The van der Waals surface area contributed by atoms with Gasteiger partial charge in [-0.3, -0.25) is 0 Å². The van der Waals surface area contributed by atoms with Gasteiger partial charge in [0.25, 0.3) is 0 Å². The molecule has 0 unspecified atom stereocenters. The van der Waals surface area contributed by atoms with E-state index in [4.69, 9.17) is 0 Å². The molecule has 0 radical (unpaired) electrons. The lowest BCUT2D eigenvalue weighted by Gasteiger charge is -2.11. The van der Waals surface area contributed by atoms with Crippen LogP contribution >= 0.6 is 0 Å².